The summed E-state index contributed by atoms with van der Waals surface area (Å²) < 4.78 is 22.3. The van der Waals surface area contributed by atoms with E-state index in [0.717, 1.165) is 30.1 Å². The van der Waals surface area contributed by atoms with Gasteiger partial charge in [0.15, 0.2) is 0 Å². The molecular weight excluding hydrogens is 339 g/mol. The molecule has 2 N–H and O–H groups in total. The number of rotatable bonds is 7. The zero-order chi connectivity index (χ0) is 17.5. The maximum atomic E-state index is 10.8. The van der Waals surface area contributed by atoms with Crippen LogP contribution in [-0.4, -0.2) is 29.2 Å². The highest BCUT2D eigenvalue weighted by molar-refractivity contribution is 7.51. The molecule has 0 radical (unpaired) electrons. The maximum absolute atomic E-state index is 10.8. The summed E-state index contributed by atoms with van der Waals surface area (Å²) in [7, 11) is -4.00. The standard InChI is InChI=1S/C19H27O5P/c20-25(21,22)6-5-23-17-1-3-18(4-2-17)24-13-19-10-14-7-15(11-19)9-16(8-14)12-19/h1-4,14-16H,5-13H2,(H2,20,21,22)/t14-,15?,16?,19-. The van der Waals surface area contributed by atoms with E-state index in [1.165, 1.54) is 38.5 Å². The van der Waals surface area contributed by atoms with Crippen LogP contribution >= 0.6 is 7.60 Å². The van der Waals surface area contributed by atoms with Crippen LogP contribution in [0.3, 0.4) is 0 Å². The Bertz CT molecular complexity index is 615. The molecule has 1 aromatic carbocycles. The third-order valence-electron chi connectivity index (χ3n) is 6.19. The Labute approximate surface area is 148 Å². The Balaban J connectivity index is 1.29. The van der Waals surface area contributed by atoms with Gasteiger partial charge in [-0.25, -0.2) is 0 Å². The molecule has 4 aliphatic rings. The van der Waals surface area contributed by atoms with Crippen LogP contribution in [0.5, 0.6) is 11.5 Å². The molecule has 0 aromatic heterocycles. The third-order valence-corrected chi connectivity index (χ3v) is 6.95. The quantitative estimate of drug-likeness (QED) is 0.717. The van der Waals surface area contributed by atoms with Crippen LogP contribution in [0.25, 0.3) is 0 Å². The Morgan fingerprint density at radius 2 is 1.40 bits per heavy atom. The van der Waals surface area contributed by atoms with Crippen molar-refractivity contribution in [2.24, 2.45) is 23.2 Å². The van der Waals surface area contributed by atoms with Gasteiger partial charge in [0.1, 0.15) is 11.5 Å². The first-order valence-electron chi connectivity index (χ1n) is 9.29. The third kappa shape index (κ3) is 4.21. The lowest BCUT2D eigenvalue weighted by molar-refractivity contribution is -0.0745. The van der Waals surface area contributed by atoms with Crippen molar-refractivity contribution in [2.75, 3.05) is 19.4 Å². The van der Waals surface area contributed by atoms with Crippen LogP contribution in [0.2, 0.25) is 0 Å². The zero-order valence-corrected chi connectivity index (χ0v) is 15.4. The smallest absolute Gasteiger partial charge is 0.328 e. The van der Waals surface area contributed by atoms with Crippen LogP contribution in [0, 0.1) is 23.2 Å². The summed E-state index contributed by atoms with van der Waals surface area (Å²) in [6.07, 6.45) is 8.07. The van der Waals surface area contributed by atoms with E-state index in [2.05, 4.69) is 0 Å². The lowest BCUT2D eigenvalue weighted by Gasteiger charge is -2.56. The second-order valence-corrected chi connectivity index (χ2v) is 10.2. The second kappa shape index (κ2) is 6.61. The minimum atomic E-state index is -4.00. The van der Waals surface area contributed by atoms with Gasteiger partial charge in [-0.2, -0.15) is 0 Å². The number of ether oxygens (including phenoxy) is 2. The normalized spacial score (nSPS) is 33.4. The van der Waals surface area contributed by atoms with Crippen molar-refractivity contribution in [1.82, 2.24) is 0 Å². The molecule has 0 unspecified atom stereocenters. The van der Waals surface area contributed by atoms with Crippen LogP contribution in [0.4, 0.5) is 0 Å². The highest BCUT2D eigenvalue weighted by atomic mass is 31.2. The van der Waals surface area contributed by atoms with E-state index in [4.69, 9.17) is 19.3 Å². The van der Waals surface area contributed by atoms with E-state index in [9.17, 15) is 4.57 Å². The SMILES string of the molecule is O=P(O)(O)CCOc1ccc(OC[C@]23CC4CC(C[C@H](C4)C2)C3)cc1. The summed E-state index contributed by atoms with van der Waals surface area (Å²) in [5, 5.41) is 0. The van der Waals surface area contributed by atoms with E-state index < -0.39 is 7.60 Å². The summed E-state index contributed by atoms with van der Waals surface area (Å²) in [5.74, 6) is 4.24. The molecule has 4 fully saturated rings. The fourth-order valence-corrected chi connectivity index (χ4v) is 5.95. The lowest BCUT2D eigenvalue weighted by atomic mass is 9.50. The molecular formula is C19H27O5P. The summed E-state index contributed by atoms with van der Waals surface area (Å²) in [6, 6.07) is 7.37. The predicted octanol–water partition coefficient (Wildman–Crippen LogP) is 3.84. The van der Waals surface area contributed by atoms with E-state index in [-0.39, 0.29) is 12.8 Å². The van der Waals surface area contributed by atoms with Gasteiger partial charge in [-0.05, 0) is 80.5 Å². The van der Waals surface area contributed by atoms with Crippen molar-refractivity contribution in [3.63, 3.8) is 0 Å². The Hall–Kier alpha value is -1.03. The zero-order valence-electron chi connectivity index (χ0n) is 14.5. The van der Waals surface area contributed by atoms with Gasteiger partial charge < -0.3 is 19.3 Å². The fourth-order valence-electron chi connectivity index (χ4n) is 5.62. The van der Waals surface area contributed by atoms with Crippen LogP contribution in [-0.2, 0) is 4.57 Å². The maximum Gasteiger partial charge on any atom is 0.328 e. The van der Waals surface area contributed by atoms with Crippen LogP contribution in [0.1, 0.15) is 38.5 Å². The molecule has 0 spiro atoms. The molecule has 1 aromatic rings. The van der Waals surface area contributed by atoms with Gasteiger partial charge in [-0.15, -0.1) is 0 Å². The first-order valence-corrected chi connectivity index (χ1v) is 11.1. The summed E-state index contributed by atoms with van der Waals surface area (Å²) >= 11 is 0. The summed E-state index contributed by atoms with van der Waals surface area (Å²) in [4.78, 5) is 17.7. The predicted molar refractivity (Wildman–Crippen MR) is 94.9 cm³/mol. The van der Waals surface area contributed by atoms with Gasteiger partial charge in [-0.1, -0.05) is 0 Å². The Morgan fingerprint density at radius 3 is 1.88 bits per heavy atom. The van der Waals surface area contributed by atoms with Gasteiger partial charge in [0.05, 0.1) is 19.4 Å². The van der Waals surface area contributed by atoms with Gasteiger partial charge >= 0.3 is 7.60 Å². The lowest BCUT2D eigenvalue weighted by Crippen LogP contribution is -2.48. The molecule has 5 nitrogen and oxygen atoms in total. The van der Waals surface area contributed by atoms with Crippen molar-refractivity contribution in [3.05, 3.63) is 24.3 Å². The minimum absolute atomic E-state index is 0.0117. The molecule has 5 rings (SSSR count). The van der Waals surface area contributed by atoms with Crippen molar-refractivity contribution in [3.8, 4) is 11.5 Å². The van der Waals surface area contributed by atoms with Gasteiger partial charge in [-0.3, -0.25) is 4.57 Å². The largest absolute Gasteiger partial charge is 0.493 e. The highest BCUT2D eigenvalue weighted by Crippen LogP contribution is 2.60. The van der Waals surface area contributed by atoms with Gasteiger partial charge in [0, 0.05) is 5.41 Å². The number of benzene rings is 1. The summed E-state index contributed by atoms with van der Waals surface area (Å²) in [5.41, 5.74) is 0.396. The molecule has 6 heteroatoms. The molecule has 0 heterocycles. The monoisotopic (exact) mass is 366 g/mol. The molecule has 0 aliphatic heterocycles. The molecule has 0 amide bonds. The van der Waals surface area contributed by atoms with Crippen LogP contribution in [0.15, 0.2) is 24.3 Å². The van der Waals surface area contributed by atoms with Crippen molar-refractivity contribution in [1.29, 1.82) is 0 Å². The highest BCUT2D eigenvalue weighted by Gasteiger charge is 2.51. The molecule has 4 bridgehead atoms. The topological polar surface area (TPSA) is 76.0 Å². The first-order chi connectivity index (χ1) is 11.9. The molecule has 25 heavy (non-hydrogen) atoms. The minimum Gasteiger partial charge on any atom is -0.493 e. The van der Waals surface area contributed by atoms with E-state index in [1.807, 2.05) is 12.1 Å². The van der Waals surface area contributed by atoms with E-state index >= 15 is 0 Å². The van der Waals surface area contributed by atoms with E-state index in [0.29, 0.717) is 11.2 Å². The number of hydrogen-bond acceptors (Lipinski definition) is 3. The molecule has 138 valence electrons. The fraction of sp³-hybridized carbons (Fsp3) is 0.684. The second-order valence-electron chi connectivity index (χ2n) is 8.41. The molecule has 4 saturated carbocycles. The van der Waals surface area contributed by atoms with Crippen molar-refractivity contribution in [2.45, 2.75) is 38.5 Å². The molecule has 0 saturated heterocycles. The summed E-state index contributed by atoms with van der Waals surface area (Å²) in [6.45, 7) is 0.826. The Morgan fingerprint density at radius 1 is 0.920 bits per heavy atom. The van der Waals surface area contributed by atoms with E-state index in [1.54, 1.807) is 12.1 Å². The van der Waals surface area contributed by atoms with Crippen LogP contribution < -0.4 is 9.47 Å². The first kappa shape index (κ1) is 17.4. The van der Waals surface area contributed by atoms with Crippen molar-refractivity contribution >= 4 is 7.60 Å². The van der Waals surface area contributed by atoms with Gasteiger partial charge in [0.25, 0.3) is 0 Å². The van der Waals surface area contributed by atoms with Gasteiger partial charge in [0.2, 0.25) is 0 Å². The average Bonchev–Trinajstić information content (AvgIpc) is 2.52. The number of hydrogen-bond donors (Lipinski definition) is 2. The Kier molecular flexibility index (Phi) is 4.59. The molecule has 4 aliphatic carbocycles. The van der Waals surface area contributed by atoms with Crippen molar-refractivity contribution < 1.29 is 23.8 Å². The molecule has 0 atom stereocenters. The average molecular weight is 366 g/mol.